The fourth-order valence-electron chi connectivity index (χ4n) is 2.20. The lowest BCUT2D eigenvalue weighted by molar-refractivity contribution is 0.700. The van der Waals surface area contributed by atoms with Crippen LogP contribution < -0.4 is 10.2 Å². The van der Waals surface area contributed by atoms with Crippen LogP contribution in [0.4, 0.5) is 5.82 Å². The summed E-state index contributed by atoms with van der Waals surface area (Å²) in [4.78, 5) is 11.0. The molecule has 0 saturated heterocycles. The maximum atomic E-state index is 4.42. The van der Waals surface area contributed by atoms with E-state index < -0.39 is 0 Å². The van der Waals surface area contributed by atoms with Gasteiger partial charge in [-0.25, -0.2) is 9.97 Å². The van der Waals surface area contributed by atoms with E-state index in [1.807, 2.05) is 0 Å². The standard InChI is InChI=1S/C12H20N4/c1-3-13-7-8-16(2)12-10-5-4-6-11(10)14-9-15-12/h9,13H,3-8H2,1-2H3. The van der Waals surface area contributed by atoms with Crippen LogP contribution in [0.3, 0.4) is 0 Å². The van der Waals surface area contributed by atoms with E-state index in [9.17, 15) is 0 Å². The second kappa shape index (κ2) is 5.25. The van der Waals surface area contributed by atoms with Crippen molar-refractivity contribution in [1.82, 2.24) is 15.3 Å². The Labute approximate surface area is 97.1 Å². The van der Waals surface area contributed by atoms with E-state index in [1.54, 1.807) is 6.33 Å². The number of aromatic nitrogens is 2. The molecule has 4 heteroatoms. The minimum Gasteiger partial charge on any atom is -0.358 e. The van der Waals surface area contributed by atoms with E-state index in [0.29, 0.717) is 0 Å². The van der Waals surface area contributed by atoms with Crippen molar-refractivity contribution in [1.29, 1.82) is 0 Å². The fraction of sp³-hybridized carbons (Fsp3) is 0.667. The van der Waals surface area contributed by atoms with Crippen molar-refractivity contribution < 1.29 is 0 Å². The molecule has 1 aromatic heterocycles. The number of aryl methyl sites for hydroxylation is 1. The quantitative estimate of drug-likeness (QED) is 0.752. The molecule has 0 aliphatic heterocycles. The van der Waals surface area contributed by atoms with Crippen LogP contribution >= 0.6 is 0 Å². The summed E-state index contributed by atoms with van der Waals surface area (Å²) < 4.78 is 0. The Kier molecular flexibility index (Phi) is 3.72. The summed E-state index contributed by atoms with van der Waals surface area (Å²) in [6, 6.07) is 0. The van der Waals surface area contributed by atoms with Crippen LogP contribution in [0.2, 0.25) is 0 Å². The molecule has 0 spiro atoms. The summed E-state index contributed by atoms with van der Waals surface area (Å²) in [5.74, 6) is 1.13. The first-order chi connectivity index (χ1) is 7.83. The average Bonchev–Trinajstić information content (AvgIpc) is 2.76. The van der Waals surface area contributed by atoms with E-state index in [4.69, 9.17) is 0 Å². The Morgan fingerprint density at radius 2 is 2.25 bits per heavy atom. The number of hydrogen-bond acceptors (Lipinski definition) is 4. The number of anilines is 1. The normalized spacial score (nSPS) is 13.9. The molecule has 1 N–H and O–H groups in total. The first kappa shape index (κ1) is 11.3. The van der Waals surface area contributed by atoms with Gasteiger partial charge in [0, 0.05) is 31.4 Å². The molecule has 88 valence electrons. The third-order valence-electron chi connectivity index (χ3n) is 3.09. The van der Waals surface area contributed by atoms with Crippen molar-refractivity contribution in [3.63, 3.8) is 0 Å². The zero-order valence-corrected chi connectivity index (χ0v) is 10.2. The molecule has 0 fully saturated rings. The molecular formula is C12H20N4. The maximum Gasteiger partial charge on any atom is 0.135 e. The average molecular weight is 220 g/mol. The summed E-state index contributed by atoms with van der Waals surface area (Å²) in [5.41, 5.74) is 2.61. The van der Waals surface area contributed by atoms with E-state index in [1.165, 1.54) is 17.7 Å². The van der Waals surface area contributed by atoms with Gasteiger partial charge in [0.25, 0.3) is 0 Å². The predicted molar refractivity (Wildman–Crippen MR) is 65.9 cm³/mol. The van der Waals surface area contributed by atoms with Crippen molar-refractivity contribution >= 4 is 5.82 Å². The molecular weight excluding hydrogens is 200 g/mol. The summed E-state index contributed by atoms with van der Waals surface area (Å²) in [6.45, 7) is 5.15. The van der Waals surface area contributed by atoms with Crippen LogP contribution in [0.15, 0.2) is 6.33 Å². The fourth-order valence-corrected chi connectivity index (χ4v) is 2.20. The number of nitrogens with one attached hydrogen (secondary N) is 1. The second-order valence-corrected chi connectivity index (χ2v) is 4.25. The van der Waals surface area contributed by atoms with Crippen molar-refractivity contribution in [3.8, 4) is 0 Å². The zero-order valence-electron chi connectivity index (χ0n) is 10.2. The van der Waals surface area contributed by atoms with E-state index >= 15 is 0 Å². The zero-order chi connectivity index (χ0) is 11.4. The lowest BCUT2D eigenvalue weighted by Crippen LogP contribution is -2.30. The Hall–Kier alpha value is -1.16. The Bertz CT molecular complexity index is 351. The smallest absolute Gasteiger partial charge is 0.135 e. The Morgan fingerprint density at radius 1 is 1.38 bits per heavy atom. The van der Waals surface area contributed by atoms with Crippen LogP contribution in [-0.4, -0.2) is 36.6 Å². The molecule has 0 saturated carbocycles. The topological polar surface area (TPSA) is 41.0 Å². The van der Waals surface area contributed by atoms with Gasteiger partial charge < -0.3 is 10.2 Å². The highest BCUT2D eigenvalue weighted by molar-refractivity contribution is 5.49. The highest BCUT2D eigenvalue weighted by Gasteiger charge is 2.18. The summed E-state index contributed by atoms with van der Waals surface area (Å²) in [6.07, 6.45) is 5.17. The minimum atomic E-state index is 0.997. The lowest BCUT2D eigenvalue weighted by atomic mass is 10.2. The molecule has 0 aromatic carbocycles. The molecule has 0 radical (unpaired) electrons. The van der Waals surface area contributed by atoms with Gasteiger partial charge in [-0.1, -0.05) is 6.92 Å². The van der Waals surface area contributed by atoms with Gasteiger partial charge in [0.05, 0.1) is 0 Å². The van der Waals surface area contributed by atoms with Crippen LogP contribution in [0.5, 0.6) is 0 Å². The van der Waals surface area contributed by atoms with Gasteiger partial charge in [0.1, 0.15) is 12.1 Å². The Morgan fingerprint density at radius 3 is 3.06 bits per heavy atom. The van der Waals surface area contributed by atoms with Gasteiger partial charge in [-0.2, -0.15) is 0 Å². The molecule has 0 bridgehead atoms. The monoisotopic (exact) mass is 220 g/mol. The van der Waals surface area contributed by atoms with E-state index in [2.05, 4.69) is 34.2 Å². The molecule has 0 atom stereocenters. The van der Waals surface area contributed by atoms with Gasteiger partial charge in [-0.05, 0) is 25.8 Å². The predicted octanol–water partition coefficient (Wildman–Crippen LogP) is 1.01. The minimum absolute atomic E-state index is 0.997. The summed E-state index contributed by atoms with van der Waals surface area (Å²) >= 11 is 0. The van der Waals surface area contributed by atoms with Crippen LogP contribution in [0.25, 0.3) is 0 Å². The van der Waals surface area contributed by atoms with E-state index in [-0.39, 0.29) is 0 Å². The van der Waals surface area contributed by atoms with Crippen molar-refractivity contribution in [3.05, 3.63) is 17.6 Å². The first-order valence-electron chi connectivity index (χ1n) is 6.07. The molecule has 1 heterocycles. The molecule has 16 heavy (non-hydrogen) atoms. The second-order valence-electron chi connectivity index (χ2n) is 4.25. The first-order valence-corrected chi connectivity index (χ1v) is 6.07. The SMILES string of the molecule is CCNCCN(C)c1ncnc2c1CCC2. The largest absolute Gasteiger partial charge is 0.358 e. The van der Waals surface area contributed by atoms with Crippen molar-refractivity contribution in [2.24, 2.45) is 0 Å². The molecule has 1 aliphatic rings. The molecule has 1 aliphatic carbocycles. The summed E-state index contributed by atoms with van der Waals surface area (Å²) in [7, 11) is 2.11. The summed E-state index contributed by atoms with van der Waals surface area (Å²) in [5, 5.41) is 3.33. The van der Waals surface area contributed by atoms with Gasteiger partial charge in [0.15, 0.2) is 0 Å². The molecule has 0 unspecified atom stereocenters. The van der Waals surface area contributed by atoms with Crippen molar-refractivity contribution in [2.45, 2.75) is 26.2 Å². The molecule has 4 nitrogen and oxygen atoms in total. The number of nitrogens with zero attached hydrogens (tertiary/aromatic N) is 3. The van der Waals surface area contributed by atoms with Gasteiger partial charge in [-0.3, -0.25) is 0 Å². The van der Waals surface area contributed by atoms with Crippen LogP contribution in [-0.2, 0) is 12.8 Å². The number of likely N-dealkylation sites (N-methyl/N-ethyl adjacent to an activating group) is 2. The highest BCUT2D eigenvalue weighted by Crippen LogP contribution is 2.26. The number of fused-ring (bicyclic) bond motifs is 1. The van der Waals surface area contributed by atoms with Crippen molar-refractivity contribution in [2.75, 3.05) is 31.6 Å². The van der Waals surface area contributed by atoms with Crippen LogP contribution in [0, 0.1) is 0 Å². The highest BCUT2D eigenvalue weighted by atomic mass is 15.2. The van der Waals surface area contributed by atoms with E-state index in [0.717, 1.165) is 38.3 Å². The molecule has 1 aromatic rings. The molecule has 2 rings (SSSR count). The molecule has 0 amide bonds. The van der Waals surface area contributed by atoms with Gasteiger partial charge >= 0.3 is 0 Å². The van der Waals surface area contributed by atoms with Gasteiger partial charge in [0.2, 0.25) is 0 Å². The van der Waals surface area contributed by atoms with Crippen LogP contribution in [0.1, 0.15) is 24.6 Å². The maximum absolute atomic E-state index is 4.42. The third-order valence-corrected chi connectivity index (χ3v) is 3.09. The third kappa shape index (κ3) is 2.32. The van der Waals surface area contributed by atoms with Gasteiger partial charge in [-0.15, -0.1) is 0 Å². The Balaban J connectivity index is 2.05. The lowest BCUT2D eigenvalue weighted by Gasteiger charge is -2.20. The number of hydrogen-bond donors (Lipinski definition) is 1. The number of rotatable bonds is 5.